The monoisotopic (exact) mass is 278 g/mol. The number of benzene rings is 1. The number of nitrogens with two attached hydrogens (primary N) is 1. The van der Waals surface area contributed by atoms with E-state index < -0.39 is 5.41 Å². The van der Waals surface area contributed by atoms with Gasteiger partial charge in [-0.3, -0.25) is 0 Å². The minimum absolute atomic E-state index is 0.00491. The van der Waals surface area contributed by atoms with Crippen LogP contribution in [0.15, 0.2) is 18.2 Å². The average molecular weight is 278 g/mol. The van der Waals surface area contributed by atoms with Gasteiger partial charge in [-0.15, -0.1) is 0 Å². The third kappa shape index (κ3) is 4.82. The second-order valence-electron chi connectivity index (χ2n) is 5.69. The molecule has 0 saturated heterocycles. The van der Waals surface area contributed by atoms with Crippen molar-refractivity contribution in [1.29, 1.82) is 5.26 Å². The number of nitriles is 1. The summed E-state index contributed by atoms with van der Waals surface area (Å²) in [7, 11) is 0. The molecule has 1 aromatic carbocycles. The number of hydrogen-bond donors (Lipinski definition) is 1. The molecule has 0 radical (unpaired) electrons. The molecule has 1 aromatic rings. The number of rotatable bonds is 7. The van der Waals surface area contributed by atoms with Crippen molar-refractivity contribution in [3.8, 4) is 11.8 Å². The smallest absolute Gasteiger partial charge is 0.165 e. The number of ether oxygens (including phenoxy) is 1. The van der Waals surface area contributed by atoms with Crippen molar-refractivity contribution in [1.82, 2.24) is 0 Å². The highest BCUT2D eigenvalue weighted by atomic mass is 19.1. The van der Waals surface area contributed by atoms with Gasteiger partial charge < -0.3 is 10.5 Å². The van der Waals surface area contributed by atoms with Crippen LogP contribution in [0, 0.1) is 22.6 Å². The van der Waals surface area contributed by atoms with Crippen molar-refractivity contribution in [2.24, 2.45) is 11.1 Å². The van der Waals surface area contributed by atoms with Gasteiger partial charge in [-0.2, -0.15) is 5.26 Å². The summed E-state index contributed by atoms with van der Waals surface area (Å²) in [5.41, 5.74) is 6.24. The zero-order valence-corrected chi connectivity index (χ0v) is 12.4. The van der Waals surface area contributed by atoms with Crippen molar-refractivity contribution in [2.45, 2.75) is 46.1 Å². The first-order chi connectivity index (χ1) is 9.39. The standard InChI is InChI=1S/C16H23FN2O/c1-4-13(19)10-12-6-5-7-14(17)15(12)20-9-8-16(2,3)11-18/h5-7,13H,4,8-10,19H2,1-3H3. The van der Waals surface area contributed by atoms with E-state index in [1.54, 1.807) is 6.07 Å². The number of halogens is 1. The lowest BCUT2D eigenvalue weighted by atomic mass is 9.92. The summed E-state index contributed by atoms with van der Waals surface area (Å²) in [6.45, 7) is 5.99. The average Bonchev–Trinajstić information content (AvgIpc) is 2.41. The fourth-order valence-electron chi connectivity index (χ4n) is 1.77. The summed E-state index contributed by atoms with van der Waals surface area (Å²) < 4.78 is 19.4. The number of nitrogens with zero attached hydrogens (tertiary/aromatic N) is 1. The highest BCUT2D eigenvalue weighted by Gasteiger charge is 2.18. The van der Waals surface area contributed by atoms with Crippen LogP contribution in [0.25, 0.3) is 0 Å². The van der Waals surface area contributed by atoms with Gasteiger partial charge in [0.2, 0.25) is 0 Å². The summed E-state index contributed by atoms with van der Waals surface area (Å²) in [5.74, 6) is -0.106. The molecule has 0 aliphatic rings. The molecular formula is C16H23FN2O. The Morgan fingerprint density at radius 2 is 2.15 bits per heavy atom. The molecule has 0 amide bonds. The first kappa shape index (κ1) is 16.5. The first-order valence-corrected chi connectivity index (χ1v) is 6.96. The molecule has 20 heavy (non-hydrogen) atoms. The molecule has 1 rings (SSSR count). The summed E-state index contributed by atoms with van der Waals surface area (Å²) in [5, 5.41) is 8.96. The van der Waals surface area contributed by atoms with Gasteiger partial charge in [-0.05, 0) is 44.7 Å². The molecular weight excluding hydrogens is 255 g/mol. The molecule has 0 spiro atoms. The molecule has 4 heteroatoms. The minimum atomic E-state index is -0.467. The van der Waals surface area contributed by atoms with E-state index in [-0.39, 0.29) is 17.6 Å². The third-order valence-electron chi connectivity index (χ3n) is 3.33. The van der Waals surface area contributed by atoms with Gasteiger partial charge in [-0.25, -0.2) is 4.39 Å². The Hall–Kier alpha value is -1.60. The summed E-state index contributed by atoms with van der Waals surface area (Å²) in [6, 6.07) is 7.08. The van der Waals surface area contributed by atoms with Crippen molar-refractivity contribution >= 4 is 0 Å². The Morgan fingerprint density at radius 3 is 2.75 bits per heavy atom. The maximum Gasteiger partial charge on any atom is 0.165 e. The van der Waals surface area contributed by atoms with Crippen LogP contribution >= 0.6 is 0 Å². The van der Waals surface area contributed by atoms with Crippen LogP contribution in [0.3, 0.4) is 0 Å². The molecule has 0 heterocycles. The van der Waals surface area contributed by atoms with E-state index in [0.717, 1.165) is 12.0 Å². The second-order valence-corrected chi connectivity index (χ2v) is 5.69. The first-order valence-electron chi connectivity index (χ1n) is 6.96. The van der Waals surface area contributed by atoms with E-state index >= 15 is 0 Å². The van der Waals surface area contributed by atoms with Gasteiger partial charge in [-0.1, -0.05) is 19.1 Å². The highest BCUT2D eigenvalue weighted by Crippen LogP contribution is 2.26. The molecule has 1 unspecified atom stereocenters. The second kappa shape index (κ2) is 7.25. The maximum absolute atomic E-state index is 13.9. The van der Waals surface area contributed by atoms with Crippen LogP contribution in [-0.2, 0) is 6.42 Å². The van der Waals surface area contributed by atoms with E-state index in [2.05, 4.69) is 6.07 Å². The molecule has 0 saturated carbocycles. The molecule has 0 aromatic heterocycles. The highest BCUT2D eigenvalue weighted by molar-refractivity contribution is 5.35. The van der Waals surface area contributed by atoms with Gasteiger partial charge in [0.05, 0.1) is 18.1 Å². The Morgan fingerprint density at radius 1 is 1.45 bits per heavy atom. The van der Waals surface area contributed by atoms with E-state index in [9.17, 15) is 4.39 Å². The van der Waals surface area contributed by atoms with Crippen LogP contribution in [0.5, 0.6) is 5.75 Å². The molecule has 0 aliphatic carbocycles. The van der Waals surface area contributed by atoms with Gasteiger partial charge in [0.25, 0.3) is 0 Å². The van der Waals surface area contributed by atoms with Crippen LogP contribution in [-0.4, -0.2) is 12.6 Å². The largest absolute Gasteiger partial charge is 0.490 e. The van der Waals surface area contributed by atoms with Crippen molar-refractivity contribution < 1.29 is 9.13 Å². The van der Waals surface area contributed by atoms with Gasteiger partial charge >= 0.3 is 0 Å². The normalized spacial score (nSPS) is 12.8. The predicted octanol–water partition coefficient (Wildman–Crippen LogP) is 3.42. The summed E-state index contributed by atoms with van der Waals surface area (Å²) in [4.78, 5) is 0. The van der Waals surface area contributed by atoms with Gasteiger partial charge in [0.15, 0.2) is 11.6 Å². The van der Waals surface area contributed by atoms with Crippen molar-refractivity contribution in [3.63, 3.8) is 0 Å². The SMILES string of the molecule is CCC(N)Cc1cccc(F)c1OCCC(C)(C)C#N. The van der Waals surface area contributed by atoms with Gasteiger partial charge in [0, 0.05) is 6.04 Å². The topological polar surface area (TPSA) is 59.0 Å². The Labute approximate surface area is 120 Å². The molecule has 0 bridgehead atoms. The van der Waals surface area contributed by atoms with Gasteiger partial charge in [0.1, 0.15) is 0 Å². The van der Waals surface area contributed by atoms with E-state index in [1.807, 2.05) is 26.8 Å². The third-order valence-corrected chi connectivity index (χ3v) is 3.33. The minimum Gasteiger partial charge on any atom is -0.490 e. The fourth-order valence-corrected chi connectivity index (χ4v) is 1.77. The molecule has 3 nitrogen and oxygen atoms in total. The zero-order valence-electron chi connectivity index (χ0n) is 12.4. The molecule has 0 aliphatic heterocycles. The van der Waals surface area contributed by atoms with Crippen molar-refractivity contribution in [2.75, 3.05) is 6.61 Å². The Balaban J connectivity index is 2.76. The van der Waals surface area contributed by atoms with Crippen LogP contribution in [0.4, 0.5) is 4.39 Å². The van der Waals surface area contributed by atoms with Crippen LogP contribution in [0.1, 0.15) is 39.2 Å². The lowest BCUT2D eigenvalue weighted by molar-refractivity contribution is 0.252. The Bertz CT molecular complexity index is 480. The van der Waals surface area contributed by atoms with Crippen LogP contribution < -0.4 is 10.5 Å². The van der Waals surface area contributed by atoms with E-state index in [0.29, 0.717) is 19.4 Å². The maximum atomic E-state index is 13.9. The molecule has 0 fully saturated rings. The molecule has 1 atom stereocenters. The van der Waals surface area contributed by atoms with E-state index in [1.165, 1.54) is 6.07 Å². The lowest BCUT2D eigenvalue weighted by Crippen LogP contribution is -2.22. The van der Waals surface area contributed by atoms with Crippen molar-refractivity contribution in [3.05, 3.63) is 29.6 Å². The predicted molar refractivity (Wildman–Crippen MR) is 77.9 cm³/mol. The number of para-hydroxylation sites is 1. The van der Waals surface area contributed by atoms with E-state index in [4.69, 9.17) is 15.7 Å². The Kier molecular flexibility index (Phi) is 5.97. The summed E-state index contributed by atoms with van der Waals surface area (Å²) >= 11 is 0. The zero-order chi connectivity index (χ0) is 15.2. The number of hydrogen-bond acceptors (Lipinski definition) is 3. The lowest BCUT2D eigenvalue weighted by Gasteiger charge is -2.18. The molecule has 110 valence electrons. The summed E-state index contributed by atoms with van der Waals surface area (Å²) in [6.07, 6.45) is 1.97. The quantitative estimate of drug-likeness (QED) is 0.831. The fraction of sp³-hybridized carbons (Fsp3) is 0.562. The molecule has 2 N–H and O–H groups in total. The van der Waals surface area contributed by atoms with Crippen LogP contribution in [0.2, 0.25) is 0 Å².